The molecule has 0 unspecified atom stereocenters. The molecule has 2 aromatic rings. The highest BCUT2D eigenvalue weighted by Gasteiger charge is 2.26. The molecule has 2 heterocycles. The van der Waals surface area contributed by atoms with Crippen molar-refractivity contribution in [2.24, 2.45) is 5.73 Å². The van der Waals surface area contributed by atoms with E-state index in [4.69, 9.17) is 10.5 Å². The van der Waals surface area contributed by atoms with Crippen molar-refractivity contribution in [2.45, 2.75) is 25.1 Å². The predicted molar refractivity (Wildman–Crippen MR) is 88.0 cm³/mol. The van der Waals surface area contributed by atoms with Crippen LogP contribution in [0.2, 0.25) is 0 Å². The largest absolute Gasteiger partial charge is 0.379 e. The summed E-state index contributed by atoms with van der Waals surface area (Å²) in [5.74, 6) is -1.36. The van der Waals surface area contributed by atoms with Gasteiger partial charge in [0.05, 0.1) is 11.6 Å². The van der Waals surface area contributed by atoms with Gasteiger partial charge < -0.3 is 15.0 Å². The first-order chi connectivity index (χ1) is 11.5. The van der Waals surface area contributed by atoms with Gasteiger partial charge in [-0.15, -0.1) is 0 Å². The number of nitrogens with two attached hydrogens (primary N) is 1. The summed E-state index contributed by atoms with van der Waals surface area (Å²) in [7, 11) is 1.63. The Kier molecular flexibility index (Phi) is 4.93. The first-order valence-corrected chi connectivity index (χ1v) is 7.99. The van der Waals surface area contributed by atoms with Crippen molar-refractivity contribution in [3.63, 3.8) is 0 Å². The molecule has 1 aliphatic heterocycles. The Morgan fingerprint density at radius 3 is 2.83 bits per heavy atom. The van der Waals surface area contributed by atoms with E-state index in [1.54, 1.807) is 7.11 Å². The highest BCUT2D eigenvalue weighted by atomic mass is 19.1. The van der Waals surface area contributed by atoms with E-state index in [1.165, 1.54) is 22.8 Å². The number of benzene rings is 1. The number of methoxy groups -OCH3 is 1. The molecule has 130 valence electrons. The van der Waals surface area contributed by atoms with Crippen molar-refractivity contribution in [1.82, 2.24) is 9.47 Å². The van der Waals surface area contributed by atoms with Gasteiger partial charge in [-0.05, 0) is 25.1 Å². The number of nitrogens with zero attached hydrogens (tertiary/aromatic N) is 2. The van der Waals surface area contributed by atoms with Crippen molar-refractivity contribution in [3.8, 4) is 0 Å². The van der Waals surface area contributed by atoms with Gasteiger partial charge in [-0.2, -0.15) is 0 Å². The molecule has 5 nitrogen and oxygen atoms in total. The molecule has 3 rings (SSSR count). The van der Waals surface area contributed by atoms with Crippen LogP contribution >= 0.6 is 0 Å². The zero-order chi connectivity index (χ0) is 17.3. The Labute approximate surface area is 138 Å². The van der Waals surface area contributed by atoms with Gasteiger partial charge in [-0.1, -0.05) is 0 Å². The van der Waals surface area contributed by atoms with Crippen LogP contribution in [0.1, 0.15) is 6.42 Å². The number of piperidine rings is 1. The first-order valence-electron chi connectivity index (χ1n) is 7.99. The van der Waals surface area contributed by atoms with Crippen molar-refractivity contribution in [1.29, 1.82) is 0 Å². The third-order valence-electron chi connectivity index (χ3n) is 4.66. The van der Waals surface area contributed by atoms with E-state index < -0.39 is 11.6 Å². The monoisotopic (exact) mass is 337 g/mol. The van der Waals surface area contributed by atoms with Crippen molar-refractivity contribution >= 4 is 10.9 Å². The van der Waals surface area contributed by atoms with Gasteiger partial charge in [0, 0.05) is 50.3 Å². The van der Waals surface area contributed by atoms with Crippen molar-refractivity contribution in [2.75, 3.05) is 26.7 Å². The van der Waals surface area contributed by atoms with Crippen molar-refractivity contribution in [3.05, 3.63) is 46.3 Å². The summed E-state index contributed by atoms with van der Waals surface area (Å²) in [6.45, 7) is 2.43. The van der Waals surface area contributed by atoms with Crippen LogP contribution in [0.25, 0.3) is 10.9 Å². The highest BCUT2D eigenvalue weighted by Crippen LogP contribution is 2.18. The number of halogens is 2. The number of rotatable bonds is 4. The Bertz CT molecular complexity index is 793. The lowest BCUT2D eigenvalue weighted by Crippen LogP contribution is -2.52. The van der Waals surface area contributed by atoms with E-state index in [0.717, 1.165) is 19.0 Å². The molecule has 2 N–H and O–H groups in total. The predicted octanol–water partition coefficient (Wildman–Crippen LogP) is 1.33. The number of ether oxygens (including phenoxy) is 1. The van der Waals surface area contributed by atoms with Crippen LogP contribution in [0.3, 0.4) is 0 Å². The minimum Gasteiger partial charge on any atom is -0.379 e. The second kappa shape index (κ2) is 6.96. The van der Waals surface area contributed by atoms with E-state index in [1.807, 2.05) is 0 Å². The van der Waals surface area contributed by atoms with Crippen LogP contribution in [0.5, 0.6) is 0 Å². The van der Waals surface area contributed by atoms with E-state index in [-0.39, 0.29) is 28.6 Å². The Morgan fingerprint density at radius 2 is 2.08 bits per heavy atom. The van der Waals surface area contributed by atoms with E-state index in [9.17, 15) is 13.6 Å². The lowest BCUT2D eigenvalue weighted by Gasteiger charge is -2.36. The average Bonchev–Trinajstić information content (AvgIpc) is 2.55. The Morgan fingerprint density at radius 1 is 1.29 bits per heavy atom. The van der Waals surface area contributed by atoms with Gasteiger partial charge in [0.25, 0.3) is 5.56 Å². The summed E-state index contributed by atoms with van der Waals surface area (Å²) >= 11 is 0. The molecule has 0 aliphatic carbocycles. The topological polar surface area (TPSA) is 60.5 Å². The van der Waals surface area contributed by atoms with E-state index in [0.29, 0.717) is 19.6 Å². The average molecular weight is 337 g/mol. The molecular weight excluding hydrogens is 316 g/mol. The molecular formula is C17H21F2N3O2. The van der Waals surface area contributed by atoms with Gasteiger partial charge in [0.15, 0.2) is 0 Å². The van der Waals surface area contributed by atoms with Gasteiger partial charge in [-0.25, -0.2) is 8.78 Å². The molecule has 7 heteroatoms. The molecule has 1 saturated heterocycles. The summed E-state index contributed by atoms with van der Waals surface area (Å²) in [6, 6.07) is 4.74. The normalized spacial score (nSPS) is 22.2. The molecule has 24 heavy (non-hydrogen) atoms. The third kappa shape index (κ3) is 3.33. The molecule has 0 bridgehead atoms. The number of pyridine rings is 1. The van der Waals surface area contributed by atoms with Crippen molar-refractivity contribution < 1.29 is 13.5 Å². The van der Waals surface area contributed by atoms with E-state index in [2.05, 4.69) is 4.90 Å². The molecule has 0 saturated carbocycles. The molecule has 0 amide bonds. The molecule has 1 aromatic carbocycles. The summed E-state index contributed by atoms with van der Waals surface area (Å²) in [6.07, 6.45) is 0.768. The standard InChI is InChI=1S/C17H21F2N3O2/c1-24-16-10-21(5-4-14(16)20)6-7-22-15-9-11(18)8-13(19)12(15)2-3-17(22)23/h2-3,8-9,14,16H,4-7,10,20H2,1H3/t14-,16+/m1/s1. The number of likely N-dealkylation sites (tertiary alicyclic amines) is 1. The second-order valence-electron chi connectivity index (χ2n) is 6.17. The van der Waals surface area contributed by atoms with Gasteiger partial charge in [0.1, 0.15) is 11.6 Å². The zero-order valence-corrected chi connectivity index (χ0v) is 13.5. The van der Waals surface area contributed by atoms with Crippen LogP contribution in [0.15, 0.2) is 29.1 Å². The summed E-state index contributed by atoms with van der Waals surface area (Å²) in [5, 5.41) is 0.242. The highest BCUT2D eigenvalue weighted by molar-refractivity contribution is 5.79. The molecule has 1 fully saturated rings. The number of fused-ring (bicyclic) bond motifs is 1. The van der Waals surface area contributed by atoms with Gasteiger partial charge >= 0.3 is 0 Å². The smallest absolute Gasteiger partial charge is 0.251 e. The maximum Gasteiger partial charge on any atom is 0.251 e. The minimum absolute atomic E-state index is 0.00900. The van der Waals surface area contributed by atoms with Crippen LogP contribution < -0.4 is 11.3 Å². The lowest BCUT2D eigenvalue weighted by molar-refractivity contribution is 0.0158. The van der Waals surface area contributed by atoms with E-state index >= 15 is 0 Å². The number of hydrogen-bond donors (Lipinski definition) is 1. The van der Waals surface area contributed by atoms with Gasteiger partial charge in [-0.3, -0.25) is 9.69 Å². The zero-order valence-electron chi connectivity index (χ0n) is 13.5. The number of hydrogen-bond acceptors (Lipinski definition) is 4. The fourth-order valence-corrected chi connectivity index (χ4v) is 3.25. The van der Waals surface area contributed by atoms with Crippen LogP contribution in [0, 0.1) is 11.6 Å². The summed E-state index contributed by atoms with van der Waals surface area (Å²) < 4.78 is 34.2. The maximum atomic E-state index is 13.9. The molecule has 1 aromatic heterocycles. The summed E-state index contributed by atoms with van der Waals surface area (Å²) in [5.41, 5.74) is 6.00. The van der Waals surface area contributed by atoms with Crippen LogP contribution in [0.4, 0.5) is 8.78 Å². The first kappa shape index (κ1) is 17.0. The van der Waals surface area contributed by atoms with Crippen LogP contribution in [-0.2, 0) is 11.3 Å². The molecule has 1 aliphatic rings. The van der Waals surface area contributed by atoms with Crippen LogP contribution in [-0.4, -0.2) is 48.4 Å². The fraction of sp³-hybridized carbons (Fsp3) is 0.471. The van der Waals surface area contributed by atoms with Gasteiger partial charge in [0.2, 0.25) is 0 Å². The quantitative estimate of drug-likeness (QED) is 0.914. The maximum absolute atomic E-state index is 13.9. The second-order valence-corrected chi connectivity index (χ2v) is 6.17. The number of aromatic nitrogens is 1. The Hall–Kier alpha value is -1.83. The molecule has 0 radical (unpaired) electrons. The molecule has 0 spiro atoms. The fourth-order valence-electron chi connectivity index (χ4n) is 3.25. The lowest BCUT2D eigenvalue weighted by atomic mass is 10.0. The Balaban J connectivity index is 1.83. The SMILES string of the molecule is CO[C@H]1CN(CCn2c(=O)ccc3c(F)cc(F)cc32)CC[C@H]1N. The summed E-state index contributed by atoms with van der Waals surface area (Å²) in [4.78, 5) is 14.3. The minimum atomic E-state index is -0.692. The molecule has 2 atom stereocenters. The third-order valence-corrected chi connectivity index (χ3v) is 4.66.